The van der Waals surface area contributed by atoms with Crippen molar-refractivity contribution >= 4 is 17.6 Å². The minimum atomic E-state index is 0.784. The number of hydrogen-bond donors (Lipinski definition) is 0. The van der Waals surface area contributed by atoms with E-state index in [-0.39, 0.29) is 0 Å². The largest absolute Gasteiger partial charge is 0.297 e. The van der Waals surface area contributed by atoms with Crippen LogP contribution in [0.1, 0.15) is 14.5 Å². The van der Waals surface area contributed by atoms with Gasteiger partial charge in [0.2, 0.25) is 0 Å². The summed E-state index contributed by atoms with van der Waals surface area (Å²) < 4.78 is 0. The molecule has 1 aliphatic rings. The Labute approximate surface area is 76.4 Å². The van der Waals surface area contributed by atoms with Gasteiger partial charge in [0.25, 0.3) is 0 Å². The van der Waals surface area contributed by atoms with Gasteiger partial charge in [0.15, 0.2) is 6.29 Å². The Kier molecular flexibility index (Phi) is 2.26. The molecule has 2 rings (SSSR count). The van der Waals surface area contributed by atoms with Crippen molar-refractivity contribution in [3.8, 4) is 0 Å². The van der Waals surface area contributed by atoms with Crippen molar-refractivity contribution in [2.24, 2.45) is 0 Å². The molecule has 0 aromatic carbocycles. The smallest absolute Gasteiger partial charge is 0.160 e. The molecule has 0 saturated heterocycles. The molecule has 1 saturated carbocycles. The lowest BCUT2D eigenvalue weighted by Crippen LogP contribution is -1.89. The number of aldehydes is 1. The highest BCUT2D eigenvalue weighted by atomic mass is 32.1. The normalized spacial score (nSPS) is 18.3. The Morgan fingerprint density at radius 1 is 1.17 bits per heavy atom. The molecule has 1 aliphatic carbocycles. The summed E-state index contributed by atoms with van der Waals surface area (Å²) in [6, 6.07) is 3.82. The van der Waals surface area contributed by atoms with Gasteiger partial charge in [-0.15, -0.1) is 11.3 Å². The summed E-state index contributed by atoms with van der Waals surface area (Å²) in [5, 5.41) is 0. The van der Waals surface area contributed by atoms with Crippen LogP contribution in [0.25, 0.3) is 0 Å². The van der Waals surface area contributed by atoms with E-state index in [1.165, 1.54) is 17.3 Å². The molecular weight excluding hydrogens is 168 g/mol. The second kappa shape index (κ2) is 3.40. The Hall–Kier alpha value is -0.630. The molecule has 12 heavy (non-hydrogen) atoms. The van der Waals surface area contributed by atoms with E-state index in [1.807, 2.05) is 37.8 Å². The first-order valence-corrected chi connectivity index (χ1v) is 4.49. The summed E-state index contributed by atoms with van der Waals surface area (Å²) >= 11 is 1.52. The predicted octanol–water partition coefficient (Wildman–Crippen LogP) is 2.31. The maximum Gasteiger partial charge on any atom is 0.160 e. The highest BCUT2D eigenvalue weighted by Crippen LogP contribution is 2.33. The molecule has 1 nitrogen and oxygen atoms in total. The maximum absolute atomic E-state index is 10.4. The summed E-state index contributed by atoms with van der Waals surface area (Å²) in [5.41, 5.74) is 0. The fourth-order valence-corrected chi connectivity index (χ4v) is 1.94. The van der Waals surface area contributed by atoms with Crippen molar-refractivity contribution in [1.82, 2.24) is 0 Å². The van der Waals surface area contributed by atoms with E-state index in [0.29, 0.717) is 0 Å². The highest BCUT2D eigenvalue weighted by molar-refractivity contribution is 7.14. The van der Waals surface area contributed by atoms with Crippen molar-refractivity contribution < 1.29 is 4.79 Å². The zero-order valence-electron chi connectivity index (χ0n) is 6.36. The van der Waals surface area contributed by atoms with Crippen LogP contribution in [0.2, 0.25) is 0 Å². The third-order valence-electron chi connectivity index (χ3n) is 1.69. The maximum atomic E-state index is 10.4. The van der Waals surface area contributed by atoms with Crippen LogP contribution in [0.5, 0.6) is 0 Å². The lowest BCUT2D eigenvalue weighted by Gasteiger charge is -2.01. The molecule has 1 aromatic heterocycles. The zero-order chi connectivity index (χ0) is 8.39. The molecule has 0 aliphatic heterocycles. The molecule has 5 radical (unpaired) electrons. The number of hydrogen-bond acceptors (Lipinski definition) is 2. The Morgan fingerprint density at radius 3 is 2.50 bits per heavy atom. The summed E-state index contributed by atoms with van der Waals surface area (Å²) in [7, 11) is 0. The van der Waals surface area contributed by atoms with E-state index < -0.39 is 0 Å². The first-order chi connectivity index (χ1) is 5.90. The van der Waals surface area contributed by atoms with Gasteiger partial charge in [-0.1, -0.05) is 0 Å². The minimum absolute atomic E-state index is 0.784. The van der Waals surface area contributed by atoms with Crippen LogP contribution < -0.4 is 0 Å². The van der Waals surface area contributed by atoms with Gasteiger partial charge in [0, 0.05) is 10.8 Å². The van der Waals surface area contributed by atoms with Crippen LogP contribution in [-0.4, -0.2) is 6.29 Å². The van der Waals surface area contributed by atoms with Gasteiger partial charge >= 0.3 is 0 Å². The second-order valence-electron chi connectivity index (χ2n) is 2.49. The van der Waals surface area contributed by atoms with Crippen LogP contribution in [0.3, 0.4) is 0 Å². The van der Waals surface area contributed by atoms with Gasteiger partial charge in [0.1, 0.15) is 0 Å². The van der Waals surface area contributed by atoms with Gasteiger partial charge in [-0.3, -0.25) is 4.79 Å². The molecule has 59 valence electrons. The summed E-state index contributed by atoms with van der Waals surface area (Å²) in [6.07, 6.45) is 8.96. The third-order valence-corrected chi connectivity index (χ3v) is 2.75. The third kappa shape index (κ3) is 1.44. The first-order valence-electron chi connectivity index (χ1n) is 3.67. The van der Waals surface area contributed by atoms with Gasteiger partial charge in [-0.25, -0.2) is 0 Å². The quantitative estimate of drug-likeness (QED) is 0.630. The van der Waals surface area contributed by atoms with Crippen LogP contribution in [0, 0.1) is 31.6 Å². The average molecular weight is 175 g/mol. The predicted molar refractivity (Wildman–Crippen MR) is 49.3 cm³/mol. The lowest BCUT2D eigenvalue weighted by atomic mass is 10.1. The van der Waals surface area contributed by atoms with E-state index in [0.717, 1.165) is 16.0 Å². The van der Waals surface area contributed by atoms with Crippen molar-refractivity contribution in [1.29, 1.82) is 0 Å². The van der Waals surface area contributed by atoms with Gasteiger partial charge in [-0.05, 0) is 37.8 Å². The number of thiophene rings is 1. The van der Waals surface area contributed by atoms with Crippen LogP contribution >= 0.6 is 11.3 Å². The topological polar surface area (TPSA) is 17.1 Å². The first kappa shape index (κ1) is 7.99. The van der Waals surface area contributed by atoms with E-state index in [4.69, 9.17) is 0 Å². The van der Waals surface area contributed by atoms with Crippen LogP contribution in [0.4, 0.5) is 0 Å². The summed E-state index contributed by atoms with van der Waals surface area (Å²) in [6.45, 7) is 0. The molecular formula is C10H7OS. The molecule has 0 amide bonds. The monoisotopic (exact) mass is 175 g/mol. The molecule has 0 atom stereocenters. The van der Waals surface area contributed by atoms with Gasteiger partial charge in [-0.2, -0.15) is 0 Å². The summed E-state index contributed by atoms with van der Waals surface area (Å²) in [4.78, 5) is 12.3. The van der Waals surface area contributed by atoms with E-state index in [2.05, 4.69) is 0 Å². The molecule has 0 unspecified atom stereocenters. The minimum Gasteiger partial charge on any atom is -0.297 e. The molecule has 1 aromatic rings. The Balaban J connectivity index is 2.16. The summed E-state index contributed by atoms with van der Waals surface area (Å²) in [5.74, 6) is 1.19. The lowest BCUT2D eigenvalue weighted by molar-refractivity contribution is 0.112. The van der Waals surface area contributed by atoms with Gasteiger partial charge in [0.05, 0.1) is 4.88 Å². The Morgan fingerprint density at radius 2 is 1.92 bits per heavy atom. The Bertz CT molecular complexity index is 271. The van der Waals surface area contributed by atoms with Crippen molar-refractivity contribution in [3.63, 3.8) is 0 Å². The molecule has 1 heterocycles. The fraction of sp³-hybridized carbons (Fsp3) is 0. The van der Waals surface area contributed by atoms with Crippen molar-refractivity contribution in [2.75, 3.05) is 0 Å². The van der Waals surface area contributed by atoms with Crippen molar-refractivity contribution in [3.05, 3.63) is 53.5 Å². The van der Waals surface area contributed by atoms with Crippen molar-refractivity contribution in [2.45, 2.75) is 0 Å². The fourth-order valence-electron chi connectivity index (χ4n) is 1.11. The molecule has 1 fully saturated rings. The molecule has 0 spiro atoms. The second-order valence-corrected chi connectivity index (χ2v) is 3.61. The van der Waals surface area contributed by atoms with E-state index in [1.54, 1.807) is 0 Å². The molecule has 0 N–H and O–H groups in total. The highest BCUT2D eigenvalue weighted by Gasteiger charge is 2.20. The number of carbonyl (C=O) groups is 1. The standard InChI is InChI=1S/C10H7OS/c11-7-9-5-6-10(12-9)8-3-1-2-4-8/h1-7H. The molecule has 0 bridgehead atoms. The van der Waals surface area contributed by atoms with E-state index in [9.17, 15) is 4.79 Å². The number of rotatable bonds is 2. The zero-order valence-corrected chi connectivity index (χ0v) is 7.17. The SMILES string of the molecule is O=Cc1ccc([C]2[CH][CH][CH][CH]2)s1. The number of carbonyl (C=O) groups excluding carboxylic acids is 1. The average Bonchev–Trinajstić information content (AvgIpc) is 2.75. The molecule has 2 heteroatoms. The van der Waals surface area contributed by atoms with Gasteiger partial charge < -0.3 is 0 Å². The van der Waals surface area contributed by atoms with Crippen LogP contribution in [0.15, 0.2) is 12.1 Å². The van der Waals surface area contributed by atoms with Crippen LogP contribution in [-0.2, 0) is 0 Å². The van der Waals surface area contributed by atoms with E-state index >= 15 is 0 Å².